The Bertz CT molecular complexity index is 99.6. The van der Waals surface area contributed by atoms with Gasteiger partial charge in [0.2, 0.25) is 0 Å². The van der Waals surface area contributed by atoms with Crippen molar-refractivity contribution in [3.8, 4) is 0 Å². The van der Waals surface area contributed by atoms with E-state index in [-0.39, 0.29) is 59.2 Å². The second-order valence-electron chi connectivity index (χ2n) is 2.38. The van der Waals surface area contributed by atoms with E-state index < -0.39 is 11.6 Å². The number of aliphatic hydroxyl groups is 1. The van der Waals surface area contributed by atoms with Crippen LogP contribution in [0.25, 0.3) is 0 Å². The Hall–Kier alpha value is 1.07. The van der Waals surface area contributed by atoms with Gasteiger partial charge in [-0.25, -0.2) is 0 Å². The Kier molecular flexibility index (Phi) is 6.81. The van der Waals surface area contributed by atoms with Crippen LogP contribution in [0.4, 0.5) is 0 Å². The summed E-state index contributed by atoms with van der Waals surface area (Å²) in [4.78, 5) is 9.85. The van der Waals surface area contributed by atoms with Crippen LogP contribution in [0.2, 0.25) is 0 Å². The summed E-state index contributed by atoms with van der Waals surface area (Å²) in [6.07, 6.45) is -0.201. The van der Waals surface area contributed by atoms with Crippen molar-refractivity contribution in [2.75, 3.05) is 0 Å². The molecule has 50 valence electrons. The molecule has 0 unspecified atom stereocenters. The van der Waals surface area contributed by atoms with Crippen molar-refractivity contribution in [1.82, 2.24) is 0 Å². The molecule has 0 rings (SSSR count). The molecule has 0 heterocycles. The van der Waals surface area contributed by atoms with Gasteiger partial charge in [-0.2, -0.15) is 0 Å². The molecule has 9 heavy (non-hydrogen) atoms. The third kappa shape index (κ3) is 12.3. The van der Waals surface area contributed by atoms with E-state index in [9.17, 15) is 4.79 Å². The van der Waals surface area contributed by atoms with Crippen molar-refractivity contribution in [2.45, 2.75) is 25.9 Å². The number of hydrogen-bond acceptors (Lipinski definition) is 2. The van der Waals surface area contributed by atoms with Gasteiger partial charge >= 0.3 is 57.4 Å². The topological polar surface area (TPSA) is 57.5 Å². The zero-order valence-corrected chi connectivity index (χ0v) is 9.13. The quantitative estimate of drug-likeness (QED) is 0.432. The van der Waals surface area contributed by atoms with E-state index >= 15 is 0 Å². The number of carboxylic acid groups (broad SMARTS) is 1. The third-order valence-electron chi connectivity index (χ3n) is 0.584. The molecule has 0 radical (unpaired) electrons. The van der Waals surface area contributed by atoms with E-state index in [1.165, 1.54) is 13.8 Å². The van der Waals surface area contributed by atoms with Gasteiger partial charge in [-0.05, 0) is 13.8 Å². The first-order valence-electron chi connectivity index (χ1n) is 2.36. The van der Waals surface area contributed by atoms with E-state index in [0.29, 0.717) is 0 Å². The Balaban J connectivity index is -0.000000245. The maximum Gasteiger partial charge on any atom is 1.00 e. The molecule has 0 aliphatic carbocycles. The molecule has 0 aromatic carbocycles. The second kappa shape index (κ2) is 4.82. The average Bonchev–Trinajstić information content (AvgIpc) is 1.21. The van der Waals surface area contributed by atoms with E-state index in [0.717, 1.165) is 0 Å². The van der Waals surface area contributed by atoms with Gasteiger partial charge in [-0.1, -0.05) is 0 Å². The summed E-state index contributed by atoms with van der Waals surface area (Å²) in [5.41, 5.74) is -1.08. The normalized spacial score (nSPS) is 10.1. The first kappa shape index (κ1) is 12.7. The number of carbonyl (C=O) groups is 1. The van der Waals surface area contributed by atoms with Crippen molar-refractivity contribution in [1.29, 1.82) is 0 Å². The molecule has 0 fully saturated rings. The van der Waals surface area contributed by atoms with Crippen LogP contribution in [-0.4, -0.2) is 21.8 Å². The predicted octanol–water partition coefficient (Wildman–Crippen LogP) is -2.65. The van der Waals surface area contributed by atoms with Gasteiger partial charge in [0.05, 0.1) is 12.0 Å². The minimum Gasteiger partial charge on any atom is -1.00 e. The molecular weight excluding hydrogens is 147 g/mol. The summed E-state index contributed by atoms with van der Waals surface area (Å²) in [7, 11) is 0. The van der Waals surface area contributed by atoms with Crippen molar-refractivity contribution in [3.63, 3.8) is 0 Å². The Morgan fingerprint density at radius 2 is 2.00 bits per heavy atom. The van der Waals surface area contributed by atoms with Crippen molar-refractivity contribution in [2.24, 2.45) is 0 Å². The molecule has 0 aromatic heterocycles. The molecule has 0 saturated carbocycles. The van der Waals surface area contributed by atoms with Crippen LogP contribution in [0.1, 0.15) is 21.7 Å². The van der Waals surface area contributed by atoms with Crippen LogP contribution in [0.5, 0.6) is 0 Å². The number of aliphatic carboxylic acids is 1. The summed E-state index contributed by atoms with van der Waals surface area (Å²) < 4.78 is 0. The van der Waals surface area contributed by atoms with Crippen LogP contribution in [-0.2, 0) is 4.79 Å². The van der Waals surface area contributed by atoms with Crippen LogP contribution in [0.15, 0.2) is 0 Å². The molecule has 0 aliphatic rings. The van der Waals surface area contributed by atoms with Gasteiger partial charge in [0.1, 0.15) is 0 Å². The van der Waals surface area contributed by atoms with E-state index in [1.807, 2.05) is 0 Å². The SMILES string of the molecule is CC(C)(O)CC(=O)O.[H-].[K+]. The van der Waals surface area contributed by atoms with Crippen LogP contribution >= 0.6 is 0 Å². The second-order valence-corrected chi connectivity index (χ2v) is 2.38. The van der Waals surface area contributed by atoms with Gasteiger partial charge in [0.15, 0.2) is 0 Å². The molecule has 0 aromatic rings. The summed E-state index contributed by atoms with van der Waals surface area (Å²) in [5.74, 6) is -0.975. The van der Waals surface area contributed by atoms with E-state index in [2.05, 4.69) is 0 Å². The minimum absolute atomic E-state index is 0. The zero-order chi connectivity index (χ0) is 6.78. The van der Waals surface area contributed by atoms with E-state index in [4.69, 9.17) is 10.2 Å². The smallest absolute Gasteiger partial charge is 1.00 e. The van der Waals surface area contributed by atoms with Gasteiger partial charge in [0.25, 0.3) is 0 Å². The zero-order valence-electron chi connectivity index (χ0n) is 7.01. The van der Waals surface area contributed by atoms with Gasteiger partial charge in [-0.3, -0.25) is 4.79 Å². The maximum absolute atomic E-state index is 9.85. The molecule has 0 spiro atoms. The molecule has 0 bridgehead atoms. The van der Waals surface area contributed by atoms with Gasteiger partial charge in [-0.15, -0.1) is 0 Å². The number of rotatable bonds is 2. The molecule has 0 atom stereocenters. The largest absolute Gasteiger partial charge is 1.00 e. The standard InChI is InChI=1S/C5H10O3.K.H/c1-5(2,8)3-4(6)7;;/h8H,3H2,1-2H3,(H,6,7);;/q;+1;-1. The molecule has 3 nitrogen and oxygen atoms in total. The van der Waals surface area contributed by atoms with Crippen molar-refractivity contribution >= 4 is 5.97 Å². The Morgan fingerprint density at radius 3 is 2.00 bits per heavy atom. The summed E-state index contributed by atoms with van der Waals surface area (Å²) in [6.45, 7) is 2.92. The monoisotopic (exact) mass is 158 g/mol. The first-order chi connectivity index (χ1) is 3.42. The molecule has 2 N–H and O–H groups in total. The first-order valence-corrected chi connectivity index (χ1v) is 2.36. The van der Waals surface area contributed by atoms with Gasteiger partial charge in [0, 0.05) is 0 Å². The molecule has 0 saturated heterocycles. The van der Waals surface area contributed by atoms with Crippen LogP contribution in [0.3, 0.4) is 0 Å². The Morgan fingerprint density at radius 1 is 1.67 bits per heavy atom. The predicted molar refractivity (Wildman–Crippen MR) is 29.7 cm³/mol. The van der Waals surface area contributed by atoms with Gasteiger partial charge < -0.3 is 11.6 Å². The van der Waals surface area contributed by atoms with E-state index in [1.54, 1.807) is 0 Å². The summed E-state index contributed by atoms with van der Waals surface area (Å²) in [5, 5.41) is 16.9. The summed E-state index contributed by atoms with van der Waals surface area (Å²) in [6, 6.07) is 0. The fourth-order valence-corrected chi connectivity index (χ4v) is 0.370. The summed E-state index contributed by atoms with van der Waals surface area (Å²) >= 11 is 0. The van der Waals surface area contributed by atoms with Crippen molar-refractivity contribution < 1.29 is 67.8 Å². The number of hydrogen-bond donors (Lipinski definition) is 2. The average molecular weight is 158 g/mol. The molecule has 4 heteroatoms. The Labute approximate surface area is 98.4 Å². The fourth-order valence-electron chi connectivity index (χ4n) is 0.370. The molecule has 0 amide bonds. The minimum atomic E-state index is -1.08. The molecule has 0 aliphatic heterocycles. The third-order valence-corrected chi connectivity index (χ3v) is 0.584. The van der Waals surface area contributed by atoms with Crippen LogP contribution < -0.4 is 51.4 Å². The fraction of sp³-hybridized carbons (Fsp3) is 0.800. The van der Waals surface area contributed by atoms with Crippen LogP contribution in [0, 0.1) is 0 Å². The number of carboxylic acids is 1. The van der Waals surface area contributed by atoms with Crippen molar-refractivity contribution in [3.05, 3.63) is 0 Å². The molecular formula is C5H11KO3. The maximum atomic E-state index is 9.85.